The number of hydrogen-bond donors (Lipinski definition) is 1. The van der Waals surface area contributed by atoms with Gasteiger partial charge in [-0.05, 0) is 38.9 Å². The third kappa shape index (κ3) is 3.70. The van der Waals surface area contributed by atoms with Gasteiger partial charge in [0.25, 0.3) is 0 Å². The summed E-state index contributed by atoms with van der Waals surface area (Å²) in [6, 6.07) is 5.34. The van der Waals surface area contributed by atoms with Crippen LogP contribution in [0.5, 0.6) is 0 Å². The molecule has 1 saturated heterocycles. The quantitative estimate of drug-likeness (QED) is 0.839. The Morgan fingerprint density at radius 1 is 1.30 bits per heavy atom. The van der Waals surface area contributed by atoms with Crippen LogP contribution in [0, 0.1) is 5.82 Å². The average Bonchev–Trinajstić information content (AvgIpc) is 2.39. The van der Waals surface area contributed by atoms with Gasteiger partial charge in [0.1, 0.15) is 5.82 Å². The minimum atomic E-state index is -0.127. The Bertz CT molecular complexity index is 428. The molecule has 1 aromatic rings. The number of hydrogen-bond acceptors (Lipinski definition) is 3. The van der Waals surface area contributed by atoms with Crippen LogP contribution in [0.4, 0.5) is 10.1 Å². The zero-order valence-corrected chi connectivity index (χ0v) is 12.7. The summed E-state index contributed by atoms with van der Waals surface area (Å²) in [5, 5.41) is 3.30. The number of nitrogens with one attached hydrogen (secondary N) is 1. The van der Waals surface area contributed by atoms with Gasteiger partial charge in [0.05, 0.1) is 12.2 Å². The molecule has 4 heteroatoms. The minimum absolute atomic E-state index is 0.127. The Labute approximate surface area is 121 Å². The SMILES string of the molecule is CCCNCc1c(F)cccc1N1C[C@@H](C)O[C@@H](C)C1. The Hall–Kier alpha value is -1.13. The van der Waals surface area contributed by atoms with Crippen LogP contribution in [0.1, 0.15) is 32.8 Å². The highest BCUT2D eigenvalue weighted by molar-refractivity contribution is 5.54. The van der Waals surface area contributed by atoms with Crippen molar-refractivity contribution in [3.8, 4) is 0 Å². The molecule has 0 bridgehead atoms. The molecule has 3 nitrogen and oxygen atoms in total. The zero-order chi connectivity index (χ0) is 14.5. The molecule has 1 aromatic carbocycles. The lowest BCUT2D eigenvalue weighted by Crippen LogP contribution is -2.46. The van der Waals surface area contributed by atoms with E-state index in [1.165, 1.54) is 0 Å². The lowest BCUT2D eigenvalue weighted by molar-refractivity contribution is -0.00528. The van der Waals surface area contributed by atoms with Crippen molar-refractivity contribution < 1.29 is 9.13 Å². The Morgan fingerprint density at radius 2 is 2.00 bits per heavy atom. The summed E-state index contributed by atoms with van der Waals surface area (Å²) in [6.45, 7) is 9.36. The summed E-state index contributed by atoms with van der Waals surface area (Å²) in [7, 11) is 0. The van der Waals surface area contributed by atoms with E-state index in [-0.39, 0.29) is 18.0 Å². The first kappa shape index (κ1) is 15.3. The van der Waals surface area contributed by atoms with Crippen molar-refractivity contribution in [2.24, 2.45) is 0 Å². The number of nitrogens with zero attached hydrogens (tertiary/aromatic N) is 1. The second-order valence-electron chi connectivity index (χ2n) is 5.58. The summed E-state index contributed by atoms with van der Waals surface area (Å²) in [6.07, 6.45) is 1.41. The molecule has 1 fully saturated rings. The van der Waals surface area contributed by atoms with Crippen LogP contribution in [-0.2, 0) is 11.3 Å². The molecule has 2 atom stereocenters. The summed E-state index contributed by atoms with van der Waals surface area (Å²) >= 11 is 0. The van der Waals surface area contributed by atoms with Crippen LogP contribution >= 0.6 is 0 Å². The van der Waals surface area contributed by atoms with Crippen LogP contribution in [0.15, 0.2) is 18.2 Å². The molecule has 0 spiro atoms. The van der Waals surface area contributed by atoms with E-state index in [1.54, 1.807) is 12.1 Å². The predicted octanol–water partition coefficient (Wildman–Crippen LogP) is 2.94. The van der Waals surface area contributed by atoms with Crippen molar-refractivity contribution in [2.45, 2.75) is 45.9 Å². The van der Waals surface area contributed by atoms with Crippen LogP contribution < -0.4 is 10.2 Å². The molecule has 0 amide bonds. The van der Waals surface area contributed by atoms with Gasteiger partial charge in [-0.2, -0.15) is 0 Å². The van der Waals surface area contributed by atoms with Gasteiger partial charge >= 0.3 is 0 Å². The van der Waals surface area contributed by atoms with Gasteiger partial charge in [0.2, 0.25) is 0 Å². The Kier molecular flexibility index (Phi) is 5.38. The average molecular weight is 280 g/mol. The van der Waals surface area contributed by atoms with Crippen molar-refractivity contribution in [3.63, 3.8) is 0 Å². The van der Waals surface area contributed by atoms with E-state index in [1.807, 2.05) is 6.07 Å². The molecule has 2 rings (SSSR count). The second-order valence-corrected chi connectivity index (χ2v) is 5.58. The van der Waals surface area contributed by atoms with Gasteiger partial charge < -0.3 is 15.0 Å². The van der Waals surface area contributed by atoms with Gasteiger partial charge in [-0.25, -0.2) is 4.39 Å². The van der Waals surface area contributed by atoms with Crippen LogP contribution in [-0.4, -0.2) is 31.8 Å². The lowest BCUT2D eigenvalue weighted by Gasteiger charge is -2.38. The molecule has 0 saturated carbocycles. The van der Waals surface area contributed by atoms with Crippen molar-refractivity contribution in [2.75, 3.05) is 24.5 Å². The standard InChI is InChI=1S/C16H25FN2O/c1-4-8-18-9-14-15(17)6-5-7-16(14)19-10-12(2)20-13(3)11-19/h5-7,12-13,18H,4,8-11H2,1-3H3/t12-,13+. The zero-order valence-electron chi connectivity index (χ0n) is 12.7. The highest BCUT2D eigenvalue weighted by atomic mass is 19.1. The highest BCUT2D eigenvalue weighted by Crippen LogP contribution is 2.26. The topological polar surface area (TPSA) is 24.5 Å². The summed E-state index contributed by atoms with van der Waals surface area (Å²) in [5.74, 6) is -0.127. The molecule has 0 aromatic heterocycles. The van der Waals surface area contributed by atoms with Crippen LogP contribution in [0.25, 0.3) is 0 Å². The fourth-order valence-electron chi connectivity index (χ4n) is 2.78. The first-order valence-electron chi connectivity index (χ1n) is 7.50. The highest BCUT2D eigenvalue weighted by Gasteiger charge is 2.24. The maximum absolute atomic E-state index is 14.1. The minimum Gasteiger partial charge on any atom is -0.372 e. The van der Waals surface area contributed by atoms with E-state index in [9.17, 15) is 4.39 Å². The van der Waals surface area contributed by atoms with Gasteiger partial charge in [-0.15, -0.1) is 0 Å². The fraction of sp³-hybridized carbons (Fsp3) is 0.625. The normalized spacial score (nSPS) is 23.1. The molecule has 1 aliphatic heterocycles. The molecule has 1 aliphatic rings. The number of anilines is 1. The number of ether oxygens (including phenoxy) is 1. The van der Waals surface area contributed by atoms with E-state index in [2.05, 4.69) is 31.0 Å². The summed E-state index contributed by atoms with van der Waals surface area (Å²) in [5.41, 5.74) is 1.76. The van der Waals surface area contributed by atoms with Crippen LogP contribution in [0.3, 0.4) is 0 Å². The smallest absolute Gasteiger partial charge is 0.129 e. The maximum atomic E-state index is 14.1. The van der Waals surface area contributed by atoms with Gasteiger partial charge in [0.15, 0.2) is 0 Å². The first-order valence-corrected chi connectivity index (χ1v) is 7.50. The third-order valence-corrected chi connectivity index (χ3v) is 3.58. The molecular formula is C16H25FN2O. The van der Waals surface area contributed by atoms with Gasteiger partial charge in [0, 0.05) is 30.9 Å². The number of morpholine rings is 1. The van der Waals surface area contributed by atoms with Crippen molar-refractivity contribution in [1.82, 2.24) is 5.32 Å². The van der Waals surface area contributed by atoms with Gasteiger partial charge in [-0.3, -0.25) is 0 Å². The van der Waals surface area contributed by atoms with E-state index >= 15 is 0 Å². The van der Waals surface area contributed by atoms with E-state index < -0.39 is 0 Å². The maximum Gasteiger partial charge on any atom is 0.129 e. The number of rotatable bonds is 5. The molecular weight excluding hydrogens is 255 g/mol. The monoisotopic (exact) mass is 280 g/mol. The van der Waals surface area contributed by atoms with E-state index in [4.69, 9.17) is 4.74 Å². The van der Waals surface area contributed by atoms with Crippen LogP contribution in [0.2, 0.25) is 0 Å². The van der Waals surface area contributed by atoms with Crippen molar-refractivity contribution >= 4 is 5.69 Å². The fourth-order valence-corrected chi connectivity index (χ4v) is 2.78. The molecule has 1 N–H and O–H groups in total. The van der Waals surface area contributed by atoms with E-state index in [0.717, 1.165) is 37.3 Å². The predicted molar refractivity (Wildman–Crippen MR) is 80.6 cm³/mol. The molecule has 1 heterocycles. The summed E-state index contributed by atoms with van der Waals surface area (Å²) < 4.78 is 19.9. The number of benzene rings is 1. The lowest BCUT2D eigenvalue weighted by atomic mass is 10.1. The molecule has 0 radical (unpaired) electrons. The van der Waals surface area contributed by atoms with Crippen molar-refractivity contribution in [3.05, 3.63) is 29.6 Å². The van der Waals surface area contributed by atoms with Gasteiger partial charge in [-0.1, -0.05) is 13.0 Å². The largest absolute Gasteiger partial charge is 0.372 e. The number of halogens is 1. The Morgan fingerprint density at radius 3 is 2.65 bits per heavy atom. The summed E-state index contributed by atoms with van der Waals surface area (Å²) in [4.78, 5) is 2.24. The molecule has 112 valence electrons. The van der Waals surface area contributed by atoms with E-state index in [0.29, 0.717) is 6.54 Å². The third-order valence-electron chi connectivity index (χ3n) is 3.58. The second kappa shape index (κ2) is 7.04. The Balaban J connectivity index is 2.19. The first-order chi connectivity index (χ1) is 9.61. The molecule has 0 aliphatic carbocycles. The molecule has 0 unspecified atom stereocenters. The molecule has 20 heavy (non-hydrogen) atoms. The van der Waals surface area contributed by atoms with Crippen molar-refractivity contribution in [1.29, 1.82) is 0 Å².